The highest BCUT2D eigenvalue weighted by molar-refractivity contribution is 7.71. The minimum Gasteiger partial charge on any atom is -0.352 e. The first kappa shape index (κ1) is 20.5. The Kier molecular flexibility index (Phi) is 6.69. The Balaban J connectivity index is 1.26. The zero-order valence-electron chi connectivity index (χ0n) is 16.9. The van der Waals surface area contributed by atoms with Gasteiger partial charge in [-0.1, -0.05) is 54.7 Å². The topological polar surface area (TPSA) is 51.4 Å². The molecular formula is C24H26N4OS. The monoisotopic (exact) mass is 418 g/mol. The zero-order valence-corrected chi connectivity index (χ0v) is 17.7. The average Bonchev–Trinajstić information content (AvgIpc) is 2.77. The Morgan fingerprint density at radius 3 is 2.03 bits per heavy atom. The van der Waals surface area contributed by atoms with E-state index in [0.717, 1.165) is 45.0 Å². The van der Waals surface area contributed by atoms with E-state index >= 15 is 0 Å². The fraction of sp³-hybridized carbons (Fsp3) is 0.250. The lowest BCUT2D eigenvalue weighted by atomic mass is 10.1. The van der Waals surface area contributed by atoms with E-state index < -0.39 is 0 Å². The largest absolute Gasteiger partial charge is 0.352 e. The molecule has 1 saturated heterocycles. The lowest BCUT2D eigenvalue weighted by Gasteiger charge is -2.34. The highest BCUT2D eigenvalue weighted by Crippen LogP contribution is 2.15. The second-order valence-electron chi connectivity index (χ2n) is 7.60. The maximum Gasteiger partial charge on any atom is 0.258 e. The van der Waals surface area contributed by atoms with Crippen LogP contribution in [0.25, 0.3) is 0 Å². The van der Waals surface area contributed by atoms with Gasteiger partial charge in [0.2, 0.25) is 0 Å². The second kappa shape index (κ2) is 9.80. The van der Waals surface area contributed by atoms with Gasteiger partial charge in [-0.2, -0.15) is 0 Å². The summed E-state index contributed by atoms with van der Waals surface area (Å²) in [5.74, 6) is -0.195. The number of pyridine rings is 1. The second-order valence-corrected chi connectivity index (χ2v) is 8.01. The van der Waals surface area contributed by atoms with Crippen molar-refractivity contribution in [3.63, 3.8) is 0 Å². The molecule has 1 fully saturated rings. The number of carbonyl (C=O) groups is 1. The van der Waals surface area contributed by atoms with Crippen molar-refractivity contribution in [2.45, 2.75) is 13.1 Å². The van der Waals surface area contributed by atoms with E-state index in [9.17, 15) is 4.79 Å². The highest BCUT2D eigenvalue weighted by atomic mass is 32.1. The third-order valence-electron chi connectivity index (χ3n) is 5.39. The molecule has 3 aromatic rings. The summed E-state index contributed by atoms with van der Waals surface area (Å²) in [6.45, 7) is 6.25. The van der Waals surface area contributed by atoms with Crippen LogP contribution in [0, 0.1) is 4.64 Å². The number of piperazine rings is 1. The maximum absolute atomic E-state index is 12.4. The van der Waals surface area contributed by atoms with Gasteiger partial charge in [0.05, 0.1) is 5.56 Å². The van der Waals surface area contributed by atoms with Crippen LogP contribution in [0.4, 0.5) is 5.69 Å². The minimum absolute atomic E-state index is 0.195. The first-order valence-corrected chi connectivity index (χ1v) is 10.6. The van der Waals surface area contributed by atoms with Crippen molar-refractivity contribution in [2.24, 2.45) is 0 Å². The van der Waals surface area contributed by atoms with Crippen LogP contribution < -0.4 is 5.32 Å². The van der Waals surface area contributed by atoms with Gasteiger partial charge in [-0.15, -0.1) is 0 Å². The number of H-pyrrole nitrogens is 1. The summed E-state index contributed by atoms with van der Waals surface area (Å²) in [5, 5.41) is 2.91. The van der Waals surface area contributed by atoms with Crippen molar-refractivity contribution in [1.29, 1.82) is 0 Å². The van der Waals surface area contributed by atoms with Gasteiger partial charge in [0, 0.05) is 51.2 Å². The van der Waals surface area contributed by atoms with Crippen LogP contribution in [0.5, 0.6) is 0 Å². The number of hydrogen-bond donors (Lipinski definition) is 2. The molecule has 0 saturated carbocycles. The molecule has 1 aliphatic heterocycles. The first-order valence-electron chi connectivity index (χ1n) is 10.2. The molecule has 2 heterocycles. The lowest BCUT2D eigenvalue weighted by Crippen LogP contribution is -2.45. The van der Waals surface area contributed by atoms with Gasteiger partial charge in [-0.3, -0.25) is 14.6 Å². The van der Waals surface area contributed by atoms with Crippen LogP contribution in [-0.4, -0.2) is 46.9 Å². The standard InChI is InChI=1S/C24H26N4OS/c29-23(22-7-4-12-25-24(22)30)26-21-10-8-20(9-11-21)18-28-15-13-27(14-16-28)17-19-5-2-1-3-6-19/h1-12H,13-18H2,(H,25,30)(H,26,29). The average molecular weight is 419 g/mol. The quantitative estimate of drug-likeness (QED) is 0.586. The molecular weight excluding hydrogens is 392 g/mol. The van der Waals surface area contributed by atoms with Gasteiger partial charge in [-0.05, 0) is 35.4 Å². The van der Waals surface area contributed by atoms with Crippen molar-refractivity contribution in [3.8, 4) is 0 Å². The Morgan fingerprint density at radius 1 is 0.833 bits per heavy atom. The number of anilines is 1. The van der Waals surface area contributed by atoms with E-state index in [1.54, 1.807) is 18.3 Å². The number of aromatic nitrogens is 1. The van der Waals surface area contributed by atoms with Gasteiger partial charge >= 0.3 is 0 Å². The SMILES string of the molecule is O=C(Nc1ccc(CN2CCN(Cc3ccccc3)CC2)cc1)c1ccc[nH]c1=S. The molecule has 0 unspecified atom stereocenters. The Hall–Kier alpha value is -2.80. The number of amides is 1. The van der Waals surface area contributed by atoms with Gasteiger partial charge in [-0.25, -0.2) is 0 Å². The predicted octanol–water partition coefficient (Wildman–Crippen LogP) is 4.31. The minimum atomic E-state index is -0.195. The molecule has 0 radical (unpaired) electrons. The normalized spacial score (nSPS) is 15.1. The smallest absolute Gasteiger partial charge is 0.258 e. The van der Waals surface area contributed by atoms with Crippen LogP contribution in [0.15, 0.2) is 72.9 Å². The molecule has 2 N–H and O–H groups in total. The van der Waals surface area contributed by atoms with E-state index in [2.05, 4.69) is 62.6 Å². The first-order chi connectivity index (χ1) is 14.7. The molecule has 0 aliphatic carbocycles. The van der Waals surface area contributed by atoms with E-state index in [4.69, 9.17) is 12.2 Å². The fourth-order valence-corrected chi connectivity index (χ4v) is 3.93. The lowest BCUT2D eigenvalue weighted by molar-refractivity contribution is 0.102. The van der Waals surface area contributed by atoms with Crippen molar-refractivity contribution in [3.05, 3.63) is 94.3 Å². The molecule has 1 aliphatic rings. The number of nitrogens with zero attached hydrogens (tertiary/aromatic N) is 2. The molecule has 4 rings (SSSR count). The summed E-state index contributed by atoms with van der Waals surface area (Å²) < 4.78 is 0.443. The van der Waals surface area contributed by atoms with Crippen molar-refractivity contribution in [1.82, 2.24) is 14.8 Å². The van der Waals surface area contributed by atoms with Crippen LogP contribution in [0.2, 0.25) is 0 Å². The number of hydrogen-bond acceptors (Lipinski definition) is 4. The molecule has 0 atom stereocenters. The number of aromatic amines is 1. The Bertz CT molecular complexity index is 1020. The predicted molar refractivity (Wildman–Crippen MR) is 123 cm³/mol. The van der Waals surface area contributed by atoms with E-state index in [1.165, 1.54) is 11.1 Å². The molecule has 154 valence electrons. The summed E-state index contributed by atoms with van der Waals surface area (Å²) in [5.41, 5.74) is 3.88. The summed E-state index contributed by atoms with van der Waals surface area (Å²) >= 11 is 5.18. The molecule has 2 aromatic carbocycles. The van der Waals surface area contributed by atoms with Crippen LogP contribution in [0.3, 0.4) is 0 Å². The number of carbonyl (C=O) groups excluding carboxylic acids is 1. The molecule has 30 heavy (non-hydrogen) atoms. The van der Waals surface area contributed by atoms with Gasteiger partial charge in [0.1, 0.15) is 4.64 Å². The van der Waals surface area contributed by atoms with Crippen molar-refractivity contribution < 1.29 is 4.79 Å². The number of rotatable bonds is 6. The molecule has 5 nitrogen and oxygen atoms in total. The number of benzene rings is 2. The van der Waals surface area contributed by atoms with Crippen molar-refractivity contribution in [2.75, 3.05) is 31.5 Å². The third kappa shape index (κ3) is 5.42. The summed E-state index contributed by atoms with van der Waals surface area (Å²) in [6.07, 6.45) is 1.72. The van der Waals surface area contributed by atoms with Crippen LogP contribution in [0.1, 0.15) is 21.5 Å². The van der Waals surface area contributed by atoms with Crippen molar-refractivity contribution >= 4 is 23.8 Å². The number of nitrogens with one attached hydrogen (secondary N) is 2. The Morgan fingerprint density at radius 2 is 1.43 bits per heavy atom. The van der Waals surface area contributed by atoms with E-state index in [1.807, 2.05) is 12.1 Å². The summed E-state index contributed by atoms with van der Waals surface area (Å²) in [6, 6.07) is 22.2. The summed E-state index contributed by atoms with van der Waals surface area (Å²) in [7, 11) is 0. The molecule has 1 amide bonds. The van der Waals surface area contributed by atoms with Gasteiger partial charge in [0.15, 0.2) is 0 Å². The van der Waals surface area contributed by atoms with Gasteiger partial charge < -0.3 is 10.3 Å². The molecule has 6 heteroatoms. The van der Waals surface area contributed by atoms with Crippen LogP contribution in [-0.2, 0) is 13.1 Å². The van der Waals surface area contributed by atoms with Gasteiger partial charge in [0.25, 0.3) is 5.91 Å². The molecule has 1 aromatic heterocycles. The van der Waals surface area contributed by atoms with Crippen LogP contribution >= 0.6 is 12.2 Å². The highest BCUT2D eigenvalue weighted by Gasteiger charge is 2.17. The fourth-order valence-electron chi connectivity index (χ4n) is 3.70. The van der Waals surface area contributed by atoms with E-state index in [0.29, 0.717) is 10.2 Å². The molecule has 0 spiro atoms. The Labute approximate surface area is 182 Å². The molecule has 0 bridgehead atoms. The zero-order chi connectivity index (χ0) is 20.8. The summed E-state index contributed by atoms with van der Waals surface area (Å²) in [4.78, 5) is 20.3. The third-order valence-corrected chi connectivity index (χ3v) is 5.73. The van der Waals surface area contributed by atoms with E-state index in [-0.39, 0.29) is 5.91 Å². The maximum atomic E-state index is 12.4.